The average Bonchev–Trinajstić information content (AvgIpc) is 3.22. The number of hydrogen-bond acceptors (Lipinski definition) is 7. The van der Waals surface area contributed by atoms with Gasteiger partial charge in [-0.3, -0.25) is 25.2 Å². The van der Waals surface area contributed by atoms with Crippen molar-refractivity contribution in [3.63, 3.8) is 0 Å². The van der Waals surface area contributed by atoms with Crippen molar-refractivity contribution >= 4 is 39.9 Å². The lowest BCUT2D eigenvalue weighted by atomic mass is 10.0. The van der Waals surface area contributed by atoms with Gasteiger partial charge in [0.15, 0.2) is 5.13 Å². The zero-order valence-corrected chi connectivity index (χ0v) is 15.8. The van der Waals surface area contributed by atoms with Crippen molar-refractivity contribution in [1.82, 2.24) is 15.8 Å². The Bertz CT molecular complexity index is 922. The monoisotopic (exact) mass is 401 g/mol. The summed E-state index contributed by atoms with van der Waals surface area (Å²) >= 11 is 1.38. The van der Waals surface area contributed by atoms with Crippen LogP contribution in [0, 0.1) is 0 Å². The lowest BCUT2D eigenvalue weighted by molar-refractivity contribution is -0.116. The largest absolute Gasteiger partial charge is 0.378 e. The number of morpholine rings is 1. The number of ether oxygens (including phenoxy) is 1. The van der Waals surface area contributed by atoms with Crippen LogP contribution in [0.15, 0.2) is 23.6 Å². The fraction of sp³-hybridized carbons (Fsp3) is 0.333. The summed E-state index contributed by atoms with van der Waals surface area (Å²) in [7, 11) is 0. The number of amides is 3. The number of anilines is 2. The topological polar surface area (TPSA) is 113 Å². The molecular formula is C18H19N5O4S. The lowest BCUT2D eigenvalue weighted by Crippen LogP contribution is -2.42. The molecule has 10 heteroatoms. The van der Waals surface area contributed by atoms with Crippen molar-refractivity contribution in [2.75, 3.05) is 36.5 Å². The van der Waals surface area contributed by atoms with Crippen LogP contribution < -0.4 is 21.1 Å². The molecule has 1 saturated heterocycles. The molecular weight excluding hydrogens is 382 g/mol. The fourth-order valence-electron chi connectivity index (χ4n) is 3.04. The van der Waals surface area contributed by atoms with Crippen molar-refractivity contribution in [3.05, 3.63) is 40.4 Å². The predicted molar refractivity (Wildman–Crippen MR) is 103 cm³/mol. The summed E-state index contributed by atoms with van der Waals surface area (Å²) in [5, 5.41) is 5.19. The first kappa shape index (κ1) is 18.4. The number of nitrogens with one attached hydrogen (secondary N) is 3. The molecule has 0 spiro atoms. The van der Waals surface area contributed by atoms with E-state index >= 15 is 0 Å². The first-order chi connectivity index (χ1) is 13.6. The molecule has 9 nitrogen and oxygen atoms in total. The van der Waals surface area contributed by atoms with Gasteiger partial charge in [-0.05, 0) is 30.2 Å². The standard InChI is InChI=1S/C18H19N5O4S/c24-15-4-2-11-9-12(1-3-13(11)19-15)16(25)21-22-17(26)14-10-28-18(20-14)23-5-7-27-8-6-23/h1,3,9-10H,2,4-8H2,(H,19,24)(H,21,25)(H,22,26). The van der Waals surface area contributed by atoms with Crippen LogP contribution in [0.3, 0.4) is 0 Å². The first-order valence-electron chi connectivity index (χ1n) is 8.92. The average molecular weight is 401 g/mol. The van der Waals surface area contributed by atoms with Crippen molar-refractivity contribution in [2.45, 2.75) is 12.8 Å². The van der Waals surface area contributed by atoms with Gasteiger partial charge in [-0.1, -0.05) is 0 Å². The Kier molecular flexibility index (Phi) is 5.22. The van der Waals surface area contributed by atoms with Gasteiger partial charge in [-0.2, -0.15) is 0 Å². The molecule has 0 atom stereocenters. The maximum absolute atomic E-state index is 12.3. The number of thiazole rings is 1. The second kappa shape index (κ2) is 7.95. The summed E-state index contributed by atoms with van der Waals surface area (Å²) in [5.41, 5.74) is 7.07. The summed E-state index contributed by atoms with van der Waals surface area (Å²) in [5.74, 6) is -0.942. The third-order valence-electron chi connectivity index (χ3n) is 4.56. The predicted octanol–water partition coefficient (Wildman–Crippen LogP) is 0.939. The van der Waals surface area contributed by atoms with Crippen molar-refractivity contribution in [2.24, 2.45) is 0 Å². The molecule has 0 bridgehead atoms. The molecule has 1 fully saturated rings. The number of rotatable bonds is 3. The Morgan fingerprint density at radius 1 is 1.14 bits per heavy atom. The fourth-order valence-corrected chi connectivity index (χ4v) is 3.90. The number of nitrogens with zero attached hydrogens (tertiary/aromatic N) is 2. The van der Waals surface area contributed by atoms with E-state index in [1.165, 1.54) is 11.3 Å². The molecule has 0 radical (unpaired) electrons. The lowest BCUT2D eigenvalue weighted by Gasteiger charge is -2.25. The SMILES string of the molecule is O=C1CCc2cc(C(=O)NNC(=O)c3csc(N4CCOCC4)n3)ccc2N1. The summed E-state index contributed by atoms with van der Waals surface area (Å²) in [6.45, 7) is 2.76. The van der Waals surface area contributed by atoms with Crippen LogP contribution in [-0.4, -0.2) is 49.0 Å². The number of aryl methyl sites for hydroxylation is 1. The second-order valence-electron chi connectivity index (χ2n) is 6.44. The summed E-state index contributed by atoms with van der Waals surface area (Å²) < 4.78 is 5.31. The highest BCUT2D eigenvalue weighted by Gasteiger charge is 2.19. The molecule has 3 heterocycles. The number of aromatic nitrogens is 1. The van der Waals surface area contributed by atoms with E-state index in [0.717, 1.165) is 29.5 Å². The number of benzene rings is 1. The van der Waals surface area contributed by atoms with Gasteiger partial charge >= 0.3 is 0 Å². The van der Waals surface area contributed by atoms with E-state index < -0.39 is 11.8 Å². The van der Waals surface area contributed by atoms with Crippen LogP contribution in [0.5, 0.6) is 0 Å². The highest BCUT2D eigenvalue weighted by atomic mass is 32.1. The normalized spacial score (nSPS) is 16.1. The molecule has 146 valence electrons. The van der Waals surface area contributed by atoms with E-state index in [2.05, 4.69) is 26.1 Å². The van der Waals surface area contributed by atoms with Crippen molar-refractivity contribution < 1.29 is 19.1 Å². The Morgan fingerprint density at radius 2 is 1.93 bits per heavy atom. The molecule has 4 rings (SSSR count). The van der Waals surface area contributed by atoms with Crippen molar-refractivity contribution in [3.8, 4) is 0 Å². The van der Waals surface area contributed by atoms with E-state index in [9.17, 15) is 14.4 Å². The summed E-state index contributed by atoms with van der Waals surface area (Å²) in [4.78, 5) is 42.4. The number of hydrazine groups is 1. The molecule has 28 heavy (non-hydrogen) atoms. The van der Waals surface area contributed by atoms with E-state index in [1.54, 1.807) is 23.6 Å². The number of hydrogen-bond donors (Lipinski definition) is 3. The van der Waals surface area contributed by atoms with Crippen LogP contribution in [-0.2, 0) is 16.0 Å². The van der Waals surface area contributed by atoms with E-state index in [-0.39, 0.29) is 11.6 Å². The molecule has 0 unspecified atom stereocenters. The first-order valence-corrected chi connectivity index (χ1v) is 9.80. The van der Waals surface area contributed by atoms with Gasteiger partial charge in [0.05, 0.1) is 13.2 Å². The van der Waals surface area contributed by atoms with E-state index in [1.807, 2.05) is 0 Å². The molecule has 3 N–H and O–H groups in total. The molecule has 1 aromatic heterocycles. The second-order valence-corrected chi connectivity index (χ2v) is 7.28. The van der Waals surface area contributed by atoms with Gasteiger partial charge in [0, 0.05) is 36.1 Å². The summed E-state index contributed by atoms with van der Waals surface area (Å²) in [6, 6.07) is 5.01. The number of fused-ring (bicyclic) bond motifs is 1. The summed E-state index contributed by atoms with van der Waals surface area (Å²) in [6.07, 6.45) is 0.974. The highest BCUT2D eigenvalue weighted by molar-refractivity contribution is 7.13. The van der Waals surface area contributed by atoms with Gasteiger partial charge in [0.1, 0.15) is 5.69 Å². The zero-order valence-electron chi connectivity index (χ0n) is 15.0. The maximum atomic E-state index is 12.3. The van der Waals surface area contributed by atoms with E-state index in [4.69, 9.17) is 4.74 Å². The Hall–Kier alpha value is -2.98. The zero-order chi connectivity index (χ0) is 19.5. The van der Waals surface area contributed by atoms with E-state index in [0.29, 0.717) is 31.6 Å². The molecule has 2 aromatic rings. The van der Waals surface area contributed by atoms with Crippen LogP contribution in [0.25, 0.3) is 0 Å². The highest BCUT2D eigenvalue weighted by Crippen LogP contribution is 2.24. The minimum absolute atomic E-state index is 0.0309. The van der Waals surface area contributed by atoms with Gasteiger partial charge in [-0.25, -0.2) is 4.98 Å². The number of carbonyl (C=O) groups is 3. The molecule has 0 saturated carbocycles. The Morgan fingerprint density at radius 3 is 2.75 bits per heavy atom. The third-order valence-corrected chi connectivity index (χ3v) is 5.46. The minimum Gasteiger partial charge on any atom is -0.378 e. The molecule has 1 aromatic carbocycles. The third kappa shape index (κ3) is 3.97. The van der Waals surface area contributed by atoms with Gasteiger partial charge in [0.2, 0.25) is 5.91 Å². The van der Waals surface area contributed by atoms with Crippen molar-refractivity contribution in [1.29, 1.82) is 0 Å². The van der Waals surface area contributed by atoms with Crippen LogP contribution in [0.4, 0.5) is 10.8 Å². The number of carbonyl (C=O) groups excluding carboxylic acids is 3. The Labute approximate surface area is 165 Å². The smallest absolute Gasteiger partial charge is 0.289 e. The van der Waals surface area contributed by atoms with Gasteiger partial charge in [-0.15, -0.1) is 11.3 Å². The minimum atomic E-state index is -0.477. The van der Waals surface area contributed by atoms with Crippen LogP contribution in [0.2, 0.25) is 0 Å². The molecule has 2 aliphatic rings. The molecule has 2 aliphatic heterocycles. The quantitative estimate of drug-likeness (QED) is 0.660. The van der Waals surface area contributed by atoms with Gasteiger partial charge in [0.25, 0.3) is 11.8 Å². The van der Waals surface area contributed by atoms with Gasteiger partial charge < -0.3 is 15.0 Å². The molecule has 0 aliphatic carbocycles. The maximum Gasteiger partial charge on any atom is 0.289 e. The Balaban J connectivity index is 1.35. The van der Waals surface area contributed by atoms with Crippen LogP contribution in [0.1, 0.15) is 32.8 Å². The van der Waals surface area contributed by atoms with Crippen LogP contribution >= 0.6 is 11.3 Å². The molecule has 3 amide bonds.